The van der Waals surface area contributed by atoms with Crippen molar-refractivity contribution in [3.63, 3.8) is 0 Å². The van der Waals surface area contributed by atoms with E-state index in [0.29, 0.717) is 19.0 Å². The van der Waals surface area contributed by atoms with Crippen LogP contribution in [0.4, 0.5) is 0 Å². The highest BCUT2D eigenvalue weighted by Crippen LogP contribution is 2.26. The lowest BCUT2D eigenvalue weighted by atomic mass is 9.93. The van der Waals surface area contributed by atoms with E-state index in [0.717, 1.165) is 17.5 Å². The Morgan fingerprint density at radius 1 is 1.26 bits per heavy atom. The summed E-state index contributed by atoms with van der Waals surface area (Å²) in [5, 5.41) is 10.2. The van der Waals surface area contributed by atoms with Gasteiger partial charge in [0.05, 0.1) is 13.7 Å². The number of aryl methyl sites for hydroxylation is 1. The van der Waals surface area contributed by atoms with Gasteiger partial charge in [-0.05, 0) is 30.9 Å². The highest BCUT2D eigenvalue weighted by molar-refractivity contribution is 5.38. The molecule has 0 aromatic heterocycles. The minimum atomic E-state index is -0.644. The number of aliphatic hydroxyl groups is 1. The number of hydrogen-bond donors (Lipinski definition) is 1. The van der Waals surface area contributed by atoms with Gasteiger partial charge in [-0.2, -0.15) is 0 Å². The Morgan fingerprint density at radius 3 is 2.53 bits per heavy atom. The van der Waals surface area contributed by atoms with Crippen LogP contribution in [0.1, 0.15) is 44.4 Å². The molecule has 0 bridgehead atoms. The molecule has 1 aromatic rings. The van der Waals surface area contributed by atoms with Gasteiger partial charge in [0.2, 0.25) is 0 Å². The van der Waals surface area contributed by atoms with Crippen molar-refractivity contribution in [1.82, 2.24) is 0 Å². The van der Waals surface area contributed by atoms with E-state index in [4.69, 9.17) is 9.47 Å². The molecule has 0 saturated heterocycles. The predicted octanol–water partition coefficient (Wildman–Crippen LogP) is 3.49. The highest BCUT2D eigenvalue weighted by Gasteiger charge is 2.15. The molecule has 1 atom stereocenters. The molecule has 108 valence electrons. The molecule has 1 aromatic carbocycles. The third-order valence-electron chi connectivity index (χ3n) is 3.02. The van der Waals surface area contributed by atoms with E-state index in [1.54, 1.807) is 7.11 Å². The van der Waals surface area contributed by atoms with Crippen LogP contribution < -0.4 is 4.74 Å². The fourth-order valence-corrected chi connectivity index (χ4v) is 1.78. The first-order chi connectivity index (χ1) is 8.83. The van der Waals surface area contributed by atoms with E-state index in [-0.39, 0.29) is 5.41 Å². The largest absolute Gasteiger partial charge is 0.496 e. The number of hydrogen-bond acceptors (Lipinski definition) is 3. The van der Waals surface area contributed by atoms with Gasteiger partial charge in [-0.15, -0.1) is 0 Å². The number of benzene rings is 1. The Kier molecular flexibility index (Phi) is 5.83. The molecule has 1 N–H and O–H groups in total. The Bertz CT molecular complexity index is 393. The molecule has 3 nitrogen and oxygen atoms in total. The topological polar surface area (TPSA) is 38.7 Å². The van der Waals surface area contributed by atoms with Crippen LogP contribution in [0.2, 0.25) is 0 Å². The molecule has 0 amide bonds. The van der Waals surface area contributed by atoms with Crippen LogP contribution in [0.3, 0.4) is 0 Å². The molecule has 0 heterocycles. The maximum absolute atomic E-state index is 10.2. The smallest absolute Gasteiger partial charge is 0.124 e. The fraction of sp³-hybridized carbons (Fsp3) is 0.625. The van der Waals surface area contributed by atoms with Gasteiger partial charge in [0.25, 0.3) is 0 Å². The van der Waals surface area contributed by atoms with Gasteiger partial charge in [0.15, 0.2) is 0 Å². The number of rotatable bonds is 6. The molecule has 0 radical (unpaired) electrons. The second kappa shape index (κ2) is 6.92. The van der Waals surface area contributed by atoms with Gasteiger partial charge in [-0.1, -0.05) is 32.4 Å². The summed E-state index contributed by atoms with van der Waals surface area (Å²) in [7, 11) is 1.61. The second-order valence-electron chi connectivity index (χ2n) is 6.15. The normalized spacial score (nSPS) is 13.4. The summed E-state index contributed by atoms with van der Waals surface area (Å²) in [6.45, 7) is 9.49. The van der Waals surface area contributed by atoms with Gasteiger partial charge in [0, 0.05) is 12.2 Å². The van der Waals surface area contributed by atoms with Crippen LogP contribution in [0, 0.1) is 12.3 Å². The van der Waals surface area contributed by atoms with Crippen LogP contribution in [-0.2, 0) is 4.74 Å². The Hall–Kier alpha value is -1.06. The van der Waals surface area contributed by atoms with Crippen LogP contribution in [0.15, 0.2) is 18.2 Å². The Balaban J connectivity index is 2.53. The van der Waals surface area contributed by atoms with Crippen molar-refractivity contribution in [1.29, 1.82) is 0 Å². The molecule has 0 saturated carbocycles. The lowest BCUT2D eigenvalue weighted by molar-refractivity contribution is 0.0253. The van der Waals surface area contributed by atoms with Crippen molar-refractivity contribution in [2.75, 3.05) is 20.3 Å². The summed E-state index contributed by atoms with van der Waals surface area (Å²) in [5.74, 6) is 0.706. The fourth-order valence-electron chi connectivity index (χ4n) is 1.78. The van der Waals surface area contributed by atoms with Crippen LogP contribution in [0.5, 0.6) is 5.75 Å². The summed E-state index contributed by atoms with van der Waals surface area (Å²) in [5.41, 5.74) is 2.15. The predicted molar refractivity (Wildman–Crippen MR) is 77.6 cm³/mol. The molecule has 1 unspecified atom stereocenters. The van der Waals surface area contributed by atoms with Crippen molar-refractivity contribution >= 4 is 0 Å². The summed E-state index contributed by atoms with van der Waals surface area (Å²) < 4.78 is 10.8. The summed E-state index contributed by atoms with van der Waals surface area (Å²) in [6, 6.07) is 5.79. The number of ether oxygens (including phenoxy) is 2. The van der Waals surface area contributed by atoms with Gasteiger partial charge in [0.1, 0.15) is 11.9 Å². The van der Waals surface area contributed by atoms with Gasteiger partial charge in [-0.25, -0.2) is 0 Å². The molecule has 3 heteroatoms. The molecule has 0 aliphatic heterocycles. The van der Waals surface area contributed by atoms with Gasteiger partial charge < -0.3 is 14.6 Å². The van der Waals surface area contributed by atoms with E-state index in [2.05, 4.69) is 20.8 Å². The number of aliphatic hydroxyl groups excluding tert-OH is 1. The monoisotopic (exact) mass is 266 g/mol. The maximum Gasteiger partial charge on any atom is 0.124 e. The average molecular weight is 266 g/mol. The minimum absolute atomic E-state index is 0.256. The molecular weight excluding hydrogens is 240 g/mol. The van der Waals surface area contributed by atoms with Crippen molar-refractivity contribution in [2.45, 2.75) is 40.2 Å². The van der Waals surface area contributed by atoms with E-state index >= 15 is 0 Å². The van der Waals surface area contributed by atoms with Crippen LogP contribution in [-0.4, -0.2) is 25.4 Å². The SMILES string of the molecule is COc1ccc(C)cc1C(O)COCCC(C)(C)C. The van der Waals surface area contributed by atoms with Crippen LogP contribution in [0.25, 0.3) is 0 Å². The molecule has 0 aliphatic carbocycles. The lowest BCUT2D eigenvalue weighted by Gasteiger charge is -2.19. The average Bonchev–Trinajstić information content (AvgIpc) is 2.33. The summed E-state index contributed by atoms with van der Waals surface area (Å²) in [6.07, 6.45) is 0.333. The first kappa shape index (κ1) is 16.0. The van der Waals surface area contributed by atoms with Crippen molar-refractivity contribution in [3.05, 3.63) is 29.3 Å². The van der Waals surface area contributed by atoms with E-state index in [1.807, 2.05) is 25.1 Å². The summed E-state index contributed by atoms with van der Waals surface area (Å²) >= 11 is 0. The van der Waals surface area contributed by atoms with Crippen molar-refractivity contribution in [3.8, 4) is 5.75 Å². The molecule has 0 fully saturated rings. The molecule has 0 spiro atoms. The third-order valence-corrected chi connectivity index (χ3v) is 3.02. The summed E-state index contributed by atoms with van der Waals surface area (Å²) in [4.78, 5) is 0. The zero-order valence-electron chi connectivity index (χ0n) is 12.7. The zero-order chi connectivity index (χ0) is 14.5. The molecule has 1 rings (SSSR count). The number of methoxy groups -OCH3 is 1. The Morgan fingerprint density at radius 2 is 1.95 bits per heavy atom. The molecule has 19 heavy (non-hydrogen) atoms. The molecule has 0 aliphatic rings. The van der Waals surface area contributed by atoms with Gasteiger partial charge in [-0.3, -0.25) is 0 Å². The third kappa shape index (κ3) is 5.62. The van der Waals surface area contributed by atoms with E-state index < -0.39 is 6.10 Å². The van der Waals surface area contributed by atoms with Crippen molar-refractivity contribution < 1.29 is 14.6 Å². The quantitative estimate of drug-likeness (QED) is 0.801. The Labute approximate surface area is 116 Å². The van der Waals surface area contributed by atoms with Gasteiger partial charge >= 0.3 is 0 Å². The highest BCUT2D eigenvalue weighted by atomic mass is 16.5. The second-order valence-corrected chi connectivity index (χ2v) is 6.15. The maximum atomic E-state index is 10.2. The van der Waals surface area contributed by atoms with Crippen LogP contribution >= 0.6 is 0 Å². The first-order valence-electron chi connectivity index (χ1n) is 6.74. The van der Waals surface area contributed by atoms with E-state index in [9.17, 15) is 5.11 Å². The molecular formula is C16H26O3. The first-order valence-corrected chi connectivity index (χ1v) is 6.74. The van der Waals surface area contributed by atoms with E-state index in [1.165, 1.54) is 0 Å². The zero-order valence-corrected chi connectivity index (χ0v) is 12.7. The minimum Gasteiger partial charge on any atom is -0.496 e. The lowest BCUT2D eigenvalue weighted by Crippen LogP contribution is -2.13. The van der Waals surface area contributed by atoms with Crippen molar-refractivity contribution in [2.24, 2.45) is 5.41 Å². The standard InChI is InChI=1S/C16H26O3/c1-12-6-7-15(18-5)13(10-12)14(17)11-19-9-8-16(2,3)4/h6-7,10,14,17H,8-9,11H2,1-5H3.